The highest BCUT2D eigenvalue weighted by Gasteiger charge is 2.01. The van der Waals surface area contributed by atoms with Gasteiger partial charge in [0.15, 0.2) is 0 Å². The number of ether oxygens (including phenoxy) is 1. The van der Waals surface area contributed by atoms with Gasteiger partial charge in [-0.1, -0.05) is 6.08 Å². The zero-order valence-corrected chi connectivity index (χ0v) is 9.39. The van der Waals surface area contributed by atoms with Crippen LogP contribution in [-0.4, -0.2) is 6.61 Å². The first-order valence-corrected chi connectivity index (χ1v) is 5.22. The van der Waals surface area contributed by atoms with Crippen molar-refractivity contribution in [2.45, 2.75) is 12.8 Å². The van der Waals surface area contributed by atoms with Gasteiger partial charge in [0, 0.05) is 6.07 Å². The molecule has 0 aliphatic rings. The van der Waals surface area contributed by atoms with Crippen molar-refractivity contribution in [1.82, 2.24) is 0 Å². The quantitative estimate of drug-likeness (QED) is 0.575. The summed E-state index contributed by atoms with van der Waals surface area (Å²) < 4.78 is 19.0. The first-order chi connectivity index (χ1) is 6.74. The maximum atomic E-state index is 12.8. The normalized spacial score (nSPS) is 9.86. The molecule has 1 rings (SSSR count). The molecule has 0 aromatic heterocycles. The van der Waals surface area contributed by atoms with Gasteiger partial charge in [-0.3, -0.25) is 0 Å². The van der Waals surface area contributed by atoms with E-state index in [0.29, 0.717) is 12.4 Å². The topological polar surface area (TPSA) is 9.23 Å². The van der Waals surface area contributed by atoms with Gasteiger partial charge in [-0.2, -0.15) is 0 Å². The summed E-state index contributed by atoms with van der Waals surface area (Å²) in [6.45, 7) is 4.19. The Bertz CT molecular complexity index is 312. The van der Waals surface area contributed by atoms with E-state index in [0.717, 1.165) is 17.3 Å². The molecular weight excluding hydrogens is 247 g/mol. The lowest BCUT2D eigenvalue weighted by Gasteiger charge is -2.06. The van der Waals surface area contributed by atoms with E-state index in [-0.39, 0.29) is 5.82 Å². The van der Waals surface area contributed by atoms with E-state index in [4.69, 9.17) is 4.74 Å². The summed E-state index contributed by atoms with van der Waals surface area (Å²) in [5, 5.41) is 0. The minimum atomic E-state index is -0.285. The fourth-order valence-corrected chi connectivity index (χ4v) is 1.36. The number of unbranched alkanes of at least 4 members (excludes halogenated alkanes) is 1. The van der Waals surface area contributed by atoms with Gasteiger partial charge >= 0.3 is 0 Å². The highest BCUT2D eigenvalue weighted by molar-refractivity contribution is 9.10. The van der Waals surface area contributed by atoms with Crippen LogP contribution in [0.2, 0.25) is 0 Å². The molecule has 0 aliphatic heterocycles. The molecule has 1 aromatic rings. The highest BCUT2D eigenvalue weighted by Crippen LogP contribution is 2.25. The number of hydrogen-bond acceptors (Lipinski definition) is 1. The molecule has 0 saturated heterocycles. The van der Waals surface area contributed by atoms with Crippen LogP contribution in [0.15, 0.2) is 35.3 Å². The van der Waals surface area contributed by atoms with Crippen molar-refractivity contribution >= 4 is 15.9 Å². The molecule has 0 radical (unpaired) electrons. The standard InChI is InChI=1S/C11H12BrFO/c1-2-3-4-7-14-11-8-9(13)5-6-10(11)12/h2,5-6,8H,1,3-4,7H2. The zero-order valence-electron chi connectivity index (χ0n) is 7.80. The maximum Gasteiger partial charge on any atom is 0.136 e. The van der Waals surface area contributed by atoms with Crippen molar-refractivity contribution in [2.75, 3.05) is 6.61 Å². The third-order valence-corrected chi connectivity index (χ3v) is 2.36. The summed E-state index contributed by atoms with van der Waals surface area (Å²) >= 11 is 3.29. The Morgan fingerprint density at radius 3 is 3.00 bits per heavy atom. The molecule has 0 amide bonds. The summed E-state index contributed by atoms with van der Waals surface area (Å²) in [4.78, 5) is 0. The molecule has 0 bridgehead atoms. The van der Waals surface area contributed by atoms with Crippen LogP contribution in [-0.2, 0) is 0 Å². The maximum absolute atomic E-state index is 12.8. The van der Waals surface area contributed by atoms with Gasteiger partial charge in [0.2, 0.25) is 0 Å². The Labute approximate surface area is 91.7 Å². The van der Waals surface area contributed by atoms with E-state index in [1.807, 2.05) is 6.08 Å². The second kappa shape index (κ2) is 5.81. The highest BCUT2D eigenvalue weighted by atomic mass is 79.9. The van der Waals surface area contributed by atoms with Gasteiger partial charge in [0.1, 0.15) is 11.6 Å². The van der Waals surface area contributed by atoms with Crippen molar-refractivity contribution in [2.24, 2.45) is 0 Å². The third-order valence-electron chi connectivity index (χ3n) is 1.70. The van der Waals surface area contributed by atoms with E-state index in [1.165, 1.54) is 12.1 Å². The third kappa shape index (κ3) is 3.50. The van der Waals surface area contributed by atoms with E-state index in [1.54, 1.807) is 6.07 Å². The van der Waals surface area contributed by atoms with Gasteiger partial charge in [-0.05, 0) is 40.9 Å². The minimum absolute atomic E-state index is 0.285. The van der Waals surface area contributed by atoms with Crippen LogP contribution in [0.4, 0.5) is 4.39 Å². The van der Waals surface area contributed by atoms with Crippen LogP contribution >= 0.6 is 15.9 Å². The van der Waals surface area contributed by atoms with Crippen LogP contribution in [0.3, 0.4) is 0 Å². The van der Waals surface area contributed by atoms with Crippen molar-refractivity contribution < 1.29 is 9.13 Å². The van der Waals surface area contributed by atoms with Gasteiger partial charge in [-0.25, -0.2) is 4.39 Å². The van der Waals surface area contributed by atoms with E-state index in [9.17, 15) is 4.39 Å². The van der Waals surface area contributed by atoms with E-state index < -0.39 is 0 Å². The second-order valence-electron chi connectivity index (χ2n) is 2.85. The molecule has 0 atom stereocenters. The summed E-state index contributed by atoms with van der Waals surface area (Å²) in [5.41, 5.74) is 0. The van der Waals surface area contributed by atoms with Crippen LogP contribution in [0.25, 0.3) is 0 Å². The molecule has 0 N–H and O–H groups in total. The van der Waals surface area contributed by atoms with E-state index >= 15 is 0 Å². The SMILES string of the molecule is C=CCCCOc1cc(F)ccc1Br. The van der Waals surface area contributed by atoms with Crippen LogP contribution in [0.5, 0.6) is 5.75 Å². The molecule has 0 spiro atoms. The first kappa shape index (κ1) is 11.2. The predicted octanol–water partition coefficient (Wildman–Crippen LogP) is 3.93. The summed E-state index contributed by atoms with van der Waals surface area (Å²) in [6.07, 6.45) is 3.64. The molecule has 0 saturated carbocycles. The van der Waals surface area contributed by atoms with Gasteiger partial charge < -0.3 is 4.74 Å². The Kier molecular flexibility index (Phi) is 4.66. The lowest BCUT2D eigenvalue weighted by Crippen LogP contribution is -1.97. The molecular formula is C11H12BrFO. The van der Waals surface area contributed by atoms with Crippen molar-refractivity contribution in [3.05, 3.63) is 41.1 Å². The number of rotatable bonds is 5. The molecule has 0 unspecified atom stereocenters. The molecule has 14 heavy (non-hydrogen) atoms. The molecule has 0 aliphatic carbocycles. The monoisotopic (exact) mass is 258 g/mol. The fraction of sp³-hybridized carbons (Fsp3) is 0.273. The molecule has 1 aromatic carbocycles. The summed E-state index contributed by atoms with van der Waals surface area (Å²) in [6, 6.07) is 4.40. The zero-order chi connectivity index (χ0) is 10.4. The number of benzene rings is 1. The molecule has 0 fully saturated rings. The van der Waals surface area contributed by atoms with Gasteiger partial charge in [0.25, 0.3) is 0 Å². The second-order valence-corrected chi connectivity index (χ2v) is 3.71. The predicted molar refractivity (Wildman–Crippen MR) is 59.0 cm³/mol. The average Bonchev–Trinajstić information content (AvgIpc) is 2.18. The Balaban J connectivity index is 2.49. The van der Waals surface area contributed by atoms with Crippen molar-refractivity contribution in [3.63, 3.8) is 0 Å². The smallest absolute Gasteiger partial charge is 0.136 e. The van der Waals surface area contributed by atoms with Crippen LogP contribution < -0.4 is 4.74 Å². The van der Waals surface area contributed by atoms with Crippen molar-refractivity contribution in [3.8, 4) is 5.75 Å². The average molecular weight is 259 g/mol. The summed E-state index contributed by atoms with van der Waals surface area (Å²) in [7, 11) is 0. The largest absolute Gasteiger partial charge is 0.492 e. The number of halogens is 2. The Morgan fingerprint density at radius 1 is 1.50 bits per heavy atom. The summed E-state index contributed by atoms with van der Waals surface area (Å²) in [5.74, 6) is 0.265. The Morgan fingerprint density at radius 2 is 2.29 bits per heavy atom. The minimum Gasteiger partial charge on any atom is -0.492 e. The molecule has 0 heterocycles. The van der Waals surface area contributed by atoms with Crippen LogP contribution in [0.1, 0.15) is 12.8 Å². The van der Waals surface area contributed by atoms with E-state index in [2.05, 4.69) is 22.5 Å². The van der Waals surface area contributed by atoms with Gasteiger partial charge in [-0.15, -0.1) is 6.58 Å². The molecule has 3 heteroatoms. The Hall–Kier alpha value is -0.830. The number of hydrogen-bond donors (Lipinski definition) is 0. The first-order valence-electron chi connectivity index (χ1n) is 4.43. The van der Waals surface area contributed by atoms with Crippen LogP contribution in [0, 0.1) is 5.82 Å². The lowest BCUT2D eigenvalue weighted by atomic mass is 10.3. The molecule has 1 nitrogen and oxygen atoms in total. The number of allylic oxidation sites excluding steroid dienone is 1. The van der Waals surface area contributed by atoms with Crippen molar-refractivity contribution in [1.29, 1.82) is 0 Å². The molecule has 76 valence electrons. The van der Waals surface area contributed by atoms with Gasteiger partial charge in [0.05, 0.1) is 11.1 Å². The lowest BCUT2D eigenvalue weighted by molar-refractivity contribution is 0.308. The fourth-order valence-electron chi connectivity index (χ4n) is 0.998.